The number of aromatic nitrogens is 1. The van der Waals surface area contributed by atoms with Crippen molar-refractivity contribution in [3.05, 3.63) is 36.7 Å². The zero-order valence-corrected chi connectivity index (χ0v) is 5.88. The molecule has 0 aliphatic rings. The molecule has 1 heterocycles. The van der Waals surface area contributed by atoms with Crippen molar-refractivity contribution in [2.45, 2.75) is 12.5 Å². The first-order chi connectivity index (χ1) is 4.84. The standard InChI is InChI=1S/C8H12N2/c1-2-4-7(9)8-5-3-6-10-8/h2-3,5-7,10H,1,4,9H2/t7-/m0/s1. The van der Waals surface area contributed by atoms with Crippen molar-refractivity contribution in [1.29, 1.82) is 0 Å². The highest BCUT2D eigenvalue weighted by molar-refractivity contribution is 5.09. The molecular formula is C8H12N2. The summed E-state index contributed by atoms with van der Waals surface area (Å²) in [5.74, 6) is 0. The zero-order valence-electron chi connectivity index (χ0n) is 5.88. The lowest BCUT2D eigenvalue weighted by molar-refractivity contribution is 0.720. The summed E-state index contributed by atoms with van der Waals surface area (Å²) in [5.41, 5.74) is 6.82. The maximum Gasteiger partial charge on any atom is 0.0482 e. The summed E-state index contributed by atoms with van der Waals surface area (Å²) in [6.07, 6.45) is 4.52. The van der Waals surface area contributed by atoms with Gasteiger partial charge in [0, 0.05) is 17.9 Å². The van der Waals surface area contributed by atoms with E-state index in [0.717, 1.165) is 12.1 Å². The van der Waals surface area contributed by atoms with Crippen molar-refractivity contribution in [3.63, 3.8) is 0 Å². The van der Waals surface area contributed by atoms with E-state index in [0.29, 0.717) is 0 Å². The monoisotopic (exact) mass is 136 g/mol. The van der Waals surface area contributed by atoms with E-state index >= 15 is 0 Å². The highest BCUT2D eigenvalue weighted by Crippen LogP contribution is 2.10. The number of nitrogens with one attached hydrogen (secondary N) is 1. The smallest absolute Gasteiger partial charge is 0.0482 e. The quantitative estimate of drug-likeness (QED) is 0.609. The Labute approximate surface area is 60.8 Å². The van der Waals surface area contributed by atoms with E-state index < -0.39 is 0 Å². The molecule has 1 rings (SSSR count). The van der Waals surface area contributed by atoms with E-state index in [-0.39, 0.29) is 6.04 Å². The third-order valence-corrected chi connectivity index (χ3v) is 1.44. The molecule has 10 heavy (non-hydrogen) atoms. The Kier molecular flexibility index (Phi) is 2.29. The second-order valence-electron chi connectivity index (χ2n) is 2.26. The molecule has 0 saturated carbocycles. The summed E-state index contributed by atoms with van der Waals surface area (Å²) >= 11 is 0. The fraction of sp³-hybridized carbons (Fsp3) is 0.250. The third-order valence-electron chi connectivity index (χ3n) is 1.44. The molecule has 0 radical (unpaired) electrons. The molecule has 0 saturated heterocycles. The minimum Gasteiger partial charge on any atom is -0.364 e. The molecule has 1 atom stereocenters. The number of hydrogen-bond acceptors (Lipinski definition) is 1. The van der Waals surface area contributed by atoms with Crippen molar-refractivity contribution in [2.75, 3.05) is 0 Å². The van der Waals surface area contributed by atoms with Crippen LogP contribution >= 0.6 is 0 Å². The molecule has 0 spiro atoms. The molecule has 0 fully saturated rings. The van der Waals surface area contributed by atoms with Crippen molar-refractivity contribution >= 4 is 0 Å². The maximum absolute atomic E-state index is 5.75. The van der Waals surface area contributed by atoms with E-state index in [4.69, 9.17) is 5.73 Å². The van der Waals surface area contributed by atoms with E-state index in [1.807, 2.05) is 24.4 Å². The summed E-state index contributed by atoms with van der Waals surface area (Å²) in [4.78, 5) is 3.05. The van der Waals surface area contributed by atoms with Crippen LogP contribution in [0.3, 0.4) is 0 Å². The average Bonchev–Trinajstić information content (AvgIpc) is 2.38. The van der Waals surface area contributed by atoms with Crippen LogP contribution in [-0.2, 0) is 0 Å². The largest absolute Gasteiger partial charge is 0.364 e. The predicted molar refractivity (Wildman–Crippen MR) is 42.5 cm³/mol. The maximum atomic E-state index is 5.75. The van der Waals surface area contributed by atoms with Gasteiger partial charge in [-0.05, 0) is 18.6 Å². The Morgan fingerprint density at radius 3 is 3.10 bits per heavy atom. The fourth-order valence-electron chi connectivity index (χ4n) is 0.881. The first-order valence-electron chi connectivity index (χ1n) is 3.34. The molecule has 0 bridgehead atoms. The average molecular weight is 136 g/mol. The van der Waals surface area contributed by atoms with Gasteiger partial charge in [-0.15, -0.1) is 6.58 Å². The van der Waals surface area contributed by atoms with Gasteiger partial charge in [0.05, 0.1) is 0 Å². The molecule has 1 aromatic rings. The van der Waals surface area contributed by atoms with Gasteiger partial charge in [-0.25, -0.2) is 0 Å². The Bertz CT molecular complexity index is 189. The lowest BCUT2D eigenvalue weighted by Crippen LogP contribution is -2.08. The molecule has 1 aromatic heterocycles. The molecule has 2 heteroatoms. The van der Waals surface area contributed by atoms with Crippen LogP contribution in [0.5, 0.6) is 0 Å². The van der Waals surface area contributed by atoms with Gasteiger partial charge in [-0.1, -0.05) is 6.08 Å². The summed E-state index contributed by atoms with van der Waals surface area (Å²) in [5, 5.41) is 0. The van der Waals surface area contributed by atoms with Crippen molar-refractivity contribution in [3.8, 4) is 0 Å². The van der Waals surface area contributed by atoms with E-state index in [9.17, 15) is 0 Å². The Hall–Kier alpha value is -1.02. The van der Waals surface area contributed by atoms with Gasteiger partial charge in [-0.3, -0.25) is 0 Å². The first-order valence-corrected chi connectivity index (χ1v) is 3.34. The topological polar surface area (TPSA) is 41.8 Å². The van der Waals surface area contributed by atoms with Crippen molar-refractivity contribution in [2.24, 2.45) is 5.73 Å². The number of aromatic amines is 1. The number of nitrogens with two attached hydrogens (primary N) is 1. The Morgan fingerprint density at radius 1 is 1.80 bits per heavy atom. The van der Waals surface area contributed by atoms with E-state index in [2.05, 4.69) is 11.6 Å². The van der Waals surface area contributed by atoms with Crippen molar-refractivity contribution in [1.82, 2.24) is 4.98 Å². The van der Waals surface area contributed by atoms with Crippen LogP contribution in [0.2, 0.25) is 0 Å². The first kappa shape index (κ1) is 7.09. The lowest BCUT2D eigenvalue weighted by Gasteiger charge is -2.04. The number of rotatable bonds is 3. The molecular weight excluding hydrogens is 124 g/mol. The highest BCUT2D eigenvalue weighted by atomic mass is 14.8. The van der Waals surface area contributed by atoms with Crippen LogP contribution in [0.15, 0.2) is 31.0 Å². The molecule has 0 aliphatic heterocycles. The van der Waals surface area contributed by atoms with Gasteiger partial charge < -0.3 is 10.7 Å². The number of H-pyrrole nitrogens is 1. The van der Waals surface area contributed by atoms with Gasteiger partial charge in [0.2, 0.25) is 0 Å². The molecule has 54 valence electrons. The normalized spacial score (nSPS) is 12.9. The molecule has 0 aromatic carbocycles. The van der Waals surface area contributed by atoms with Gasteiger partial charge in [0.1, 0.15) is 0 Å². The van der Waals surface area contributed by atoms with Crippen LogP contribution in [0.25, 0.3) is 0 Å². The SMILES string of the molecule is C=CC[C@H](N)c1ccc[nH]1. The van der Waals surface area contributed by atoms with Crippen LogP contribution in [0.4, 0.5) is 0 Å². The Balaban J connectivity index is 2.58. The van der Waals surface area contributed by atoms with Gasteiger partial charge in [0.15, 0.2) is 0 Å². The zero-order chi connectivity index (χ0) is 7.40. The molecule has 3 N–H and O–H groups in total. The van der Waals surface area contributed by atoms with Crippen LogP contribution in [-0.4, -0.2) is 4.98 Å². The van der Waals surface area contributed by atoms with E-state index in [1.165, 1.54) is 0 Å². The summed E-state index contributed by atoms with van der Waals surface area (Å²) in [7, 11) is 0. The second-order valence-corrected chi connectivity index (χ2v) is 2.26. The lowest BCUT2D eigenvalue weighted by atomic mass is 10.1. The van der Waals surface area contributed by atoms with Gasteiger partial charge >= 0.3 is 0 Å². The van der Waals surface area contributed by atoms with Crippen molar-refractivity contribution < 1.29 is 0 Å². The Morgan fingerprint density at radius 2 is 2.60 bits per heavy atom. The molecule has 2 nitrogen and oxygen atoms in total. The molecule has 0 unspecified atom stereocenters. The highest BCUT2D eigenvalue weighted by Gasteiger charge is 2.01. The predicted octanol–water partition coefficient (Wildman–Crippen LogP) is 1.59. The molecule has 0 amide bonds. The summed E-state index contributed by atoms with van der Waals surface area (Å²) in [6.45, 7) is 3.62. The summed E-state index contributed by atoms with van der Waals surface area (Å²) < 4.78 is 0. The minimum atomic E-state index is 0.0764. The van der Waals surface area contributed by atoms with Crippen LogP contribution in [0, 0.1) is 0 Å². The third kappa shape index (κ3) is 1.48. The molecule has 0 aliphatic carbocycles. The fourth-order valence-corrected chi connectivity index (χ4v) is 0.881. The van der Waals surface area contributed by atoms with Crippen LogP contribution in [0.1, 0.15) is 18.2 Å². The van der Waals surface area contributed by atoms with Gasteiger partial charge in [0.25, 0.3) is 0 Å². The summed E-state index contributed by atoms with van der Waals surface area (Å²) in [6, 6.07) is 4.00. The number of hydrogen-bond donors (Lipinski definition) is 2. The van der Waals surface area contributed by atoms with E-state index in [1.54, 1.807) is 0 Å². The van der Waals surface area contributed by atoms with Crippen LogP contribution < -0.4 is 5.73 Å². The minimum absolute atomic E-state index is 0.0764. The van der Waals surface area contributed by atoms with Gasteiger partial charge in [-0.2, -0.15) is 0 Å². The second kappa shape index (κ2) is 3.22.